The maximum Gasteiger partial charge on any atom is 0.223 e. The topological polar surface area (TPSA) is 56.8 Å². The SMILES string of the molecule is COc1ccccc1CCNC(=O)CCOc1ccccc1OC. The first-order valence-electron chi connectivity index (χ1n) is 7.89. The highest BCUT2D eigenvalue weighted by atomic mass is 16.5. The molecule has 0 saturated carbocycles. The van der Waals surface area contributed by atoms with Gasteiger partial charge in [0.25, 0.3) is 0 Å². The molecule has 128 valence electrons. The van der Waals surface area contributed by atoms with Gasteiger partial charge in [-0.3, -0.25) is 4.79 Å². The molecule has 0 bridgehead atoms. The van der Waals surface area contributed by atoms with Gasteiger partial charge in [0.15, 0.2) is 11.5 Å². The van der Waals surface area contributed by atoms with Gasteiger partial charge in [0.05, 0.1) is 27.2 Å². The summed E-state index contributed by atoms with van der Waals surface area (Å²) in [7, 11) is 3.24. The Morgan fingerprint density at radius 3 is 2.25 bits per heavy atom. The molecular weight excluding hydrogens is 306 g/mol. The fraction of sp³-hybridized carbons (Fsp3) is 0.316. The van der Waals surface area contributed by atoms with Crippen LogP contribution in [0.3, 0.4) is 0 Å². The van der Waals surface area contributed by atoms with E-state index in [1.807, 2.05) is 48.5 Å². The highest BCUT2D eigenvalue weighted by Crippen LogP contribution is 2.25. The van der Waals surface area contributed by atoms with Gasteiger partial charge >= 0.3 is 0 Å². The smallest absolute Gasteiger partial charge is 0.223 e. The number of methoxy groups -OCH3 is 2. The predicted molar refractivity (Wildman–Crippen MR) is 92.8 cm³/mol. The van der Waals surface area contributed by atoms with Crippen molar-refractivity contribution in [1.82, 2.24) is 5.32 Å². The molecule has 0 aromatic heterocycles. The lowest BCUT2D eigenvalue weighted by Gasteiger charge is -2.11. The number of amides is 1. The van der Waals surface area contributed by atoms with E-state index in [1.54, 1.807) is 14.2 Å². The summed E-state index contributed by atoms with van der Waals surface area (Å²) < 4.78 is 16.1. The number of carbonyl (C=O) groups is 1. The lowest BCUT2D eigenvalue weighted by molar-refractivity contribution is -0.121. The van der Waals surface area contributed by atoms with Gasteiger partial charge in [0.2, 0.25) is 5.91 Å². The third-order valence-electron chi connectivity index (χ3n) is 3.56. The van der Waals surface area contributed by atoms with Crippen LogP contribution < -0.4 is 19.5 Å². The Hall–Kier alpha value is -2.69. The van der Waals surface area contributed by atoms with Crippen molar-refractivity contribution in [1.29, 1.82) is 0 Å². The lowest BCUT2D eigenvalue weighted by Crippen LogP contribution is -2.27. The molecule has 2 aromatic rings. The largest absolute Gasteiger partial charge is 0.496 e. The van der Waals surface area contributed by atoms with E-state index in [0.29, 0.717) is 31.1 Å². The molecule has 0 aliphatic carbocycles. The number of carbonyl (C=O) groups excluding carboxylic acids is 1. The average Bonchev–Trinajstić information content (AvgIpc) is 2.62. The van der Waals surface area contributed by atoms with E-state index < -0.39 is 0 Å². The van der Waals surface area contributed by atoms with Gasteiger partial charge in [-0.05, 0) is 30.2 Å². The normalized spacial score (nSPS) is 10.1. The van der Waals surface area contributed by atoms with E-state index >= 15 is 0 Å². The molecule has 0 aliphatic heterocycles. The van der Waals surface area contributed by atoms with E-state index in [0.717, 1.165) is 17.7 Å². The predicted octanol–water partition coefficient (Wildman–Crippen LogP) is 2.83. The molecule has 0 radical (unpaired) electrons. The molecule has 0 heterocycles. The molecule has 0 unspecified atom stereocenters. The van der Waals surface area contributed by atoms with Crippen LogP contribution in [0.1, 0.15) is 12.0 Å². The lowest BCUT2D eigenvalue weighted by atomic mass is 10.1. The number of nitrogens with one attached hydrogen (secondary N) is 1. The molecule has 0 aliphatic rings. The fourth-order valence-corrected chi connectivity index (χ4v) is 2.33. The van der Waals surface area contributed by atoms with Crippen LogP contribution in [0.4, 0.5) is 0 Å². The molecule has 2 aromatic carbocycles. The minimum absolute atomic E-state index is 0.0419. The Morgan fingerprint density at radius 2 is 1.54 bits per heavy atom. The van der Waals surface area contributed by atoms with Crippen LogP contribution in [0.15, 0.2) is 48.5 Å². The van der Waals surface area contributed by atoms with Crippen LogP contribution in [0.25, 0.3) is 0 Å². The Bertz CT molecular complexity index is 602. The second kappa shape index (κ2) is 9.45. The quantitative estimate of drug-likeness (QED) is 0.768. The van der Waals surface area contributed by atoms with Crippen molar-refractivity contribution in [2.75, 3.05) is 27.4 Å². The van der Waals surface area contributed by atoms with Crippen molar-refractivity contribution in [2.45, 2.75) is 12.8 Å². The maximum absolute atomic E-state index is 11.9. The second-order valence-corrected chi connectivity index (χ2v) is 5.16. The standard InChI is InChI=1S/C19H23NO4/c1-22-16-8-4-3-7-15(16)11-13-20-19(21)12-14-24-18-10-6-5-9-17(18)23-2/h3-10H,11-14H2,1-2H3,(H,20,21). The van der Waals surface area contributed by atoms with Gasteiger partial charge in [-0.25, -0.2) is 0 Å². The Kier molecular flexibility index (Phi) is 6.95. The molecule has 0 spiro atoms. The third kappa shape index (κ3) is 5.19. The van der Waals surface area contributed by atoms with Gasteiger partial charge in [-0.2, -0.15) is 0 Å². The van der Waals surface area contributed by atoms with Gasteiger partial charge in [-0.1, -0.05) is 30.3 Å². The summed E-state index contributed by atoms with van der Waals surface area (Å²) in [6.45, 7) is 0.870. The molecule has 0 saturated heterocycles. The van der Waals surface area contributed by atoms with Crippen LogP contribution >= 0.6 is 0 Å². The van der Waals surface area contributed by atoms with Crippen LogP contribution in [0.2, 0.25) is 0 Å². The third-order valence-corrected chi connectivity index (χ3v) is 3.56. The van der Waals surface area contributed by atoms with Crippen molar-refractivity contribution in [3.8, 4) is 17.2 Å². The average molecular weight is 329 g/mol. The van der Waals surface area contributed by atoms with E-state index in [-0.39, 0.29) is 5.91 Å². The number of ether oxygens (including phenoxy) is 3. The first-order valence-corrected chi connectivity index (χ1v) is 7.89. The Morgan fingerprint density at radius 1 is 0.917 bits per heavy atom. The van der Waals surface area contributed by atoms with Crippen molar-refractivity contribution in [2.24, 2.45) is 0 Å². The van der Waals surface area contributed by atoms with Crippen molar-refractivity contribution in [3.05, 3.63) is 54.1 Å². The van der Waals surface area contributed by atoms with Crippen molar-refractivity contribution >= 4 is 5.91 Å². The van der Waals surface area contributed by atoms with E-state index in [1.165, 1.54) is 0 Å². The first kappa shape index (κ1) is 17.7. The van der Waals surface area contributed by atoms with E-state index in [2.05, 4.69) is 5.32 Å². The van der Waals surface area contributed by atoms with Crippen LogP contribution in [0.5, 0.6) is 17.2 Å². The number of hydrogen-bond donors (Lipinski definition) is 1. The first-order chi connectivity index (χ1) is 11.7. The second-order valence-electron chi connectivity index (χ2n) is 5.16. The van der Waals surface area contributed by atoms with Gasteiger partial charge in [0, 0.05) is 6.54 Å². The van der Waals surface area contributed by atoms with Gasteiger partial charge in [-0.15, -0.1) is 0 Å². The molecule has 24 heavy (non-hydrogen) atoms. The van der Waals surface area contributed by atoms with Crippen LogP contribution in [-0.4, -0.2) is 33.3 Å². The number of benzene rings is 2. The zero-order chi connectivity index (χ0) is 17.2. The number of rotatable bonds is 9. The fourth-order valence-electron chi connectivity index (χ4n) is 2.33. The summed E-state index contributed by atoms with van der Waals surface area (Å²) in [6.07, 6.45) is 1.02. The number of para-hydroxylation sites is 3. The monoisotopic (exact) mass is 329 g/mol. The van der Waals surface area contributed by atoms with Gasteiger partial charge in [0.1, 0.15) is 5.75 Å². The zero-order valence-corrected chi connectivity index (χ0v) is 14.1. The summed E-state index contributed by atoms with van der Waals surface area (Å²) in [5.41, 5.74) is 1.07. The highest BCUT2D eigenvalue weighted by molar-refractivity contribution is 5.76. The Balaban J connectivity index is 1.70. The zero-order valence-electron chi connectivity index (χ0n) is 14.1. The van der Waals surface area contributed by atoms with Crippen molar-refractivity contribution in [3.63, 3.8) is 0 Å². The van der Waals surface area contributed by atoms with E-state index in [4.69, 9.17) is 14.2 Å². The summed E-state index contributed by atoms with van der Waals surface area (Å²) in [6, 6.07) is 15.2. The van der Waals surface area contributed by atoms with Gasteiger partial charge < -0.3 is 19.5 Å². The minimum atomic E-state index is -0.0419. The number of hydrogen-bond acceptors (Lipinski definition) is 4. The minimum Gasteiger partial charge on any atom is -0.496 e. The molecule has 0 atom stereocenters. The molecule has 2 rings (SSSR count). The maximum atomic E-state index is 11.9. The summed E-state index contributed by atoms with van der Waals surface area (Å²) in [5, 5.41) is 2.89. The summed E-state index contributed by atoms with van der Waals surface area (Å²) >= 11 is 0. The molecule has 1 amide bonds. The molecule has 5 heteroatoms. The molecule has 1 N–H and O–H groups in total. The van der Waals surface area contributed by atoms with Crippen molar-refractivity contribution < 1.29 is 19.0 Å². The van der Waals surface area contributed by atoms with Crippen LogP contribution in [-0.2, 0) is 11.2 Å². The summed E-state index contributed by atoms with van der Waals surface area (Å²) in [5.74, 6) is 2.10. The molecule has 5 nitrogen and oxygen atoms in total. The molecular formula is C19H23NO4. The van der Waals surface area contributed by atoms with E-state index in [9.17, 15) is 4.79 Å². The molecule has 0 fully saturated rings. The summed E-state index contributed by atoms with van der Waals surface area (Å²) in [4.78, 5) is 11.9. The highest BCUT2D eigenvalue weighted by Gasteiger charge is 2.06. The Labute approximate surface area is 142 Å². The van der Waals surface area contributed by atoms with Crippen LogP contribution in [0, 0.1) is 0 Å².